The maximum absolute atomic E-state index is 13.3. The minimum Gasteiger partial charge on any atom is -0.490 e. The number of nitriles is 1. The Hall–Kier alpha value is -3.85. The summed E-state index contributed by atoms with van der Waals surface area (Å²) >= 11 is 0. The summed E-state index contributed by atoms with van der Waals surface area (Å²) in [5.74, 6) is 0.631. The number of rotatable bonds is 9. The second-order valence-electron chi connectivity index (χ2n) is 8.51. The Morgan fingerprint density at radius 3 is 2.41 bits per heavy atom. The van der Waals surface area contributed by atoms with Gasteiger partial charge in [-0.2, -0.15) is 5.26 Å². The first kappa shape index (κ1) is 24.8. The van der Waals surface area contributed by atoms with Crippen LogP contribution in [0.5, 0.6) is 11.5 Å². The quantitative estimate of drug-likeness (QED) is 0.392. The molecule has 0 fully saturated rings. The van der Waals surface area contributed by atoms with Gasteiger partial charge >= 0.3 is 0 Å². The number of ether oxygens (including phenoxy) is 2. The highest BCUT2D eigenvalue weighted by Gasteiger charge is 2.35. The van der Waals surface area contributed by atoms with E-state index in [-0.39, 0.29) is 12.1 Å². The van der Waals surface area contributed by atoms with E-state index >= 15 is 0 Å². The lowest BCUT2D eigenvalue weighted by molar-refractivity contribution is -0.140. The molecule has 34 heavy (non-hydrogen) atoms. The predicted octanol–water partition coefficient (Wildman–Crippen LogP) is 4.96. The van der Waals surface area contributed by atoms with Gasteiger partial charge in [-0.15, -0.1) is 0 Å². The van der Waals surface area contributed by atoms with Crippen molar-refractivity contribution < 1.29 is 19.1 Å². The predicted molar refractivity (Wildman–Crippen MR) is 131 cm³/mol. The summed E-state index contributed by atoms with van der Waals surface area (Å²) < 4.78 is 11.6. The molecule has 0 N–H and O–H groups in total. The van der Waals surface area contributed by atoms with Crippen molar-refractivity contribution in [2.24, 2.45) is 5.92 Å². The molecule has 0 spiro atoms. The fourth-order valence-electron chi connectivity index (χ4n) is 3.64. The van der Waals surface area contributed by atoms with Crippen LogP contribution in [0.3, 0.4) is 0 Å². The van der Waals surface area contributed by atoms with E-state index < -0.39 is 11.8 Å². The molecule has 0 aromatic heterocycles. The molecule has 0 saturated heterocycles. The molecule has 2 amide bonds. The van der Waals surface area contributed by atoms with Gasteiger partial charge in [0.2, 0.25) is 0 Å². The van der Waals surface area contributed by atoms with Crippen LogP contribution in [0.2, 0.25) is 0 Å². The van der Waals surface area contributed by atoms with Gasteiger partial charge in [0.1, 0.15) is 11.6 Å². The van der Waals surface area contributed by atoms with Gasteiger partial charge in [-0.25, -0.2) is 0 Å². The van der Waals surface area contributed by atoms with Gasteiger partial charge in [-0.1, -0.05) is 50.2 Å². The summed E-state index contributed by atoms with van der Waals surface area (Å²) in [7, 11) is 0. The Morgan fingerprint density at radius 1 is 1.03 bits per heavy atom. The minimum atomic E-state index is -0.550. The van der Waals surface area contributed by atoms with Crippen LogP contribution >= 0.6 is 0 Å². The highest BCUT2D eigenvalue weighted by atomic mass is 16.5. The van der Waals surface area contributed by atoms with Crippen molar-refractivity contribution >= 4 is 17.9 Å². The van der Waals surface area contributed by atoms with Crippen LogP contribution in [0.25, 0.3) is 6.08 Å². The molecule has 2 aromatic carbocycles. The third-order valence-corrected chi connectivity index (χ3v) is 5.44. The van der Waals surface area contributed by atoms with E-state index in [0.717, 1.165) is 16.0 Å². The molecule has 0 saturated carbocycles. The maximum atomic E-state index is 13.3. The zero-order valence-corrected chi connectivity index (χ0v) is 20.1. The molecule has 0 bridgehead atoms. The third kappa shape index (κ3) is 5.74. The Morgan fingerprint density at radius 2 is 1.76 bits per heavy atom. The van der Waals surface area contributed by atoms with Crippen LogP contribution in [-0.4, -0.2) is 36.5 Å². The Balaban J connectivity index is 1.94. The van der Waals surface area contributed by atoms with Crippen molar-refractivity contribution in [3.05, 3.63) is 76.4 Å². The zero-order valence-electron chi connectivity index (χ0n) is 20.1. The van der Waals surface area contributed by atoms with E-state index in [1.165, 1.54) is 0 Å². The Labute approximate surface area is 201 Å². The highest BCUT2D eigenvalue weighted by Crippen LogP contribution is 2.32. The Kier molecular flexibility index (Phi) is 8.26. The van der Waals surface area contributed by atoms with Gasteiger partial charge in [0, 0.05) is 12.1 Å². The number of carbonyl (C=O) groups excluding carboxylic acids is 2. The molecule has 6 nitrogen and oxygen atoms in total. The van der Waals surface area contributed by atoms with Crippen LogP contribution in [0.4, 0.5) is 0 Å². The molecule has 2 aromatic rings. The van der Waals surface area contributed by atoms with Gasteiger partial charge in [-0.05, 0) is 61.1 Å². The van der Waals surface area contributed by atoms with E-state index in [0.29, 0.717) is 48.2 Å². The molecule has 1 aliphatic heterocycles. The van der Waals surface area contributed by atoms with Gasteiger partial charge in [0.15, 0.2) is 11.5 Å². The smallest absolute Gasteiger partial charge is 0.271 e. The second-order valence-corrected chi connectivity index (χ2v) is 8.51. The molecule has 1 aliphatic rings. The van der Waals surface area contributed by atoms with Gasteiger partial charge in [0.05, 0.1) is 13.2 Å². The van der Waals surface area contributed by atoms with Crippen LogP contribution in [-0.2, 0) is 16.0 Å². The second kappa shape index (κ2) is 11.3. The molecule has 0 aliphatic carbocycles. The van der Waals surface area contributed by atoms with Crippen molar-refractivity contribution in [2.45, 2.75) is 34.1 Å². The molecule has 0 radical (unpaired) electrons. The van der Waals surface area contributed by atoms with Crippen molar-refractivity contribution in [3.63, 3.8) is 0 Å². The molecule has 3 rings (SSSR count). The van der Waals surface area contributed by atoms with E-state index in [1.807, 2.05) is 61.5 Å². The number of benzene rings is 2. The average molecular weight is 459 g/mol. The first-order valence-corrected chi connectivity index (χ1v) is 11.5. The molecule has 6 heteroatoms. The molecular formula is C28H30N2O4. The van der Waals surface area contributed by atoms with E-state index in [9.17, 15) is 14.9 Å². The average Bonchev–Trinajstić information content (AvgIpc) is 2.82. The lowest BCUT2D eigenvalue weighted by Gasteiger charge is -2.27. The minimum absolute atomic E-state index is 0.0131. The van der Waals surface area contributed by atoms with E-state index in [4.69, 9.17) is 9.47 Å². The van der Waals surface area contributed by atoms with Crippen molar-refractivity contribution in [3.8, 4) is 17.6 Å². The van der Waals surface area contributed by atoms with Crippen molar-refractivity contribution in [1.29, 1.82) is 5.26 Å². The summed E-state index contributed by atoms with van der Waals surface area (Å²) in [6.45, 7) is 8.90. The van der Waals surface area contributed by atoms with Crippen LogP contribution in [0.15, 0.2) is 65.3 Å². The molecule has 176 valence electrons. The van der Waals surface area contributed by atoms with E-state index in [1.54, 1.807) is 13.0 Å². The summed E-state index contributed by atoms with van der Waals surface area (Å²) in [6, 6.07) is 17.1. The lowest BCUT2D eigenvalue weighted by atomic mass is 9.93. The number of hydrogen-bond donors (Lipinski definition) is 0. The normalized spacial score (nSPS) is 15.2. The first-order chi connectivity index (χ1) is 16.3. The summed E-state index contributed by atoms with van der Waals surface area (Å²) in [4.78, 5) is 27.4. The van der Waals surface area contributed by atoms with Crippen LogP contribution in [0, 0.1) is 17.2 Å². The van der Waals surface area contributed by atoms with Crippen molar-refractivity contribution in [2.75, 3.05) is 19.8 Å². The molecular weight excluding hydrogens is 428 g/mol. The fourth-order valence-corrected chi connectivity index (χ4v) is 3.64. The number of carbonyl (C=O) groups is 2. The number of nitrogens with zero attached hydrogens (tertiary/aromatic N) is 2. The molecule has 0 unspecified atom stereocenters. The lowest BCUT2D eigenvalue weighted by Crippen LogP contribution is -2.43. The largest absolute Gasteiger partial charge is 0.490 e. The maximum Gasteiger partial charge on any atom is 0.271 e. The standard InChI is InChI=1S/C28H30N2O4/c1-5-33-26-16-22(11-12-25(26)34-18-19(2)3)15-23-20(4)24(17-29)28(32)30(27(23)31)14-13-21-9-7-6-8-10-21/h6-12,15-16,19H,5,13-14,18H2,1-4H3/b23-15+. The summed E-state index contributed by atoms with van der Waals surface area (Å²) in [6.07, 6.45) is 2.21. The van der Waals surface area contributed by atoms with Gasteiger partial charge < -0.3 is 9.47 Å². The van der Waals surface area contributed by atoms with Gasteiger partial charge in [0.25, 0.3) is 11.8 Å². The monoisotopic (exact) mass is 458 g/mol. The Bertz CT molecular complexity index is 1160. The van der Waals surface area contributed by atoms with Crippen LogP contribution < -0.4 is 9.47 Å². The highest BCUT2D eigenvalue weighted by molar-refractivity contribution is 6.19. The van der Waals surface area contributed by atoms with Gasteiger partial charge in [-0.3, -0.25) is 14.5 Å². The zero-order chi connectivity index (χ0) is 24.7. The first-order valence-electron chi connectivity index (χ1n) is 11.5. The SMILES string of the molecule is CCOc1cc(/C=C2/C(=O)N(CCc3ccccc3)C(=O)C(C#N)=C2C)ccc1OCC(C)C. The summed E-state index contributed by atoms with van der Waals surface area (Å²) in [5.41, 5.74) is 2.42. The van der Waals surface area contributed by atoms with Crippen LogP contribution in [0.1, 0.15) is 38.8 Å². The summed E-state index contributed by atoms with van der Waals surface area (Å²) in [5, 5.41) is 9.63. The fraction of sp³-hybridized carbons (Fsp3) is 0.321. The number of imide groups is 1. The number of amides is 2. The molecule has 1 heterocycles. The number of hydrogen-bond acceptors (Lipinski definition) is 5. The van der Waals surface area contributed by atoms with E-state index in [2.05, 4.69) is 13.8 Å². The third-order valence-electron chi connectivity index (χ3n) is 5.44. The van der Waals surface area contributed by atoms with Crippen molar-refractivity contribution in [1.82, 2.24) is 4.90 Å². The topological polar surface area (TPSA) is 79.6 Å². The molecule has 0 atom stereocenters.